The fourth-order valence-electron chi connectivity index (χ4n) is 4.32. The third-order valence-electron chi connectivity index (χ3n) is 6.07. The molecular weight excluding hydrogens is 446 g/mol. The molecule has 0 saturated carbocycles. The lowest BCUT2D eigenvalue weighted by atomic mass is 9.95. The lowest BCUT2D eigenvalue weighted by Gasteiger charge is -2.27. The van der Waals surface area contributed by atoms with E-state index in [4.69, 9.17) is 9.15 Å². The summed E-state index contributed by atoms with van der Waals surface area (Å²) in [7, 11) is 5.35. The van der Waals surface area contributed by atoms with Crippen molar-refractivity contribution in [1.29, 1.82) is 0 Å². The molecule has 0 fully saturated rings. The lowest BCUT2D eigenvalue weighted by molar-refractivity contribution is -0.117. The highest BCUT2D eigenvalue weighted by Crippen LogP contribution is 2.42. The zero-order valence-corrected chi connectivity index (χ0v) is 19.4. The second kappa shape index (κ2) is 8.64. The van der Waals surface area contributed by atoms with Gasteiger partial charge in [0.15, 0.2) is 22.9 Å². The molecule has 5 rings (SSSR count). The average Bonchev–Trinajstić information content (AvgIpc) is 3.43. The summed E-state index contributed by atoms with van der Waals surface area (Å²) >= 11 is 0. The van der Waals surface area contributed by atoms with Crippen LogP contribution in [0.4, 0.5) is 11.4 Å². The molecule has 1 N–H and O–H groups in total. The maximum atomic E-state index is 13.7. The molecular formula is C27H23N3O5. The molecule has 2 aromatic heterocycles. The van der Waals surface area contributed by atoms with Crippen LogP contribution >= 0.6 is 0 Å². The molecule has 0 bridgehead atoms. The van der Waals surface area contributed by atoms with Crippen molar-refractivity contribution < 1.29 is 23.8 Å². The third kappa shape index (κ3) is 3.69. The molecule has 0 radical (unpaired) electrons. The van der Waals surface area contributed by atoms with Crippen LogP contribution in [0.3, 0.4) is 0 Å². The van der Waals surface area contributed by atoms with E-state index in [9.17, 15) is 14.7 Å². The van der Waals surface area contributed by atoms with Gasteiger partial charge in [-0.25, -0.2) is 0 Å². The van der Waals surface area contributed by atoms with Crippen molar-refractivity contribution in [3.63, 3.8) is 0 Å². The topological polar surface area (TPSA) is 96.1 Å². The van der Waals surface area contributed by atoms with Gasteiger partial charge in [0.25, 0.3) is 5.91 Å². The van der Waals surface area contributed by atoms with Gasteiger partial charge in [0, 0.05) is 43.3 Å². The van der Waals surface area contributed by atoms with Gasteiger partial charge in [0.2, 0.25) is 5.78 Å². The van der Waals surface area contributed by atoms with E-state index in [1.165, 1.54) is 12.0 Å². The number of nitrogens with zero attached hydrogens (tertiary/aromatic N) is 3. The van der Waals surface area contributed by atoms with E-state index < -0.39 is 23.5 Å². The zero-order chi connectivity index (χ0) is 24.7. The van der Waals surface area contributed by atoms with Crippen molar-refractivity contribution in [3.05, 3.63) is 95.7 Å². The number of hydrogen-bond acceptors (Lipinski definition) is 7. The van der Waals surface area contributed by atoms with Gasteiger partial charge >= 0.3 is 0 Å². The van der Waals surface area contributed by atoms with Gasteiger partial charge in [-0.2, -0.15) is 0 Å². The number of ketones is 1. The van der Waals surface area contributed by atoms with Gasteiger partial charge in [0.05, 0.1) is 18.7 Å². The maximum Gasteiger partial charge on any atom is 0.294 e. The Morgan fingerprint density at radius 3 is 2.46 bits per heavy atom. The Morgan fingerprint density at radius 2 is 1.80 bits per heavy atom. The molecule has 2 aromatic carbocycles. The number of fused-ring (bicyclic) bond motifs is 1. The molecule has 1 atom stereocenters. The zero-order valence-electron chi connectivity index (χ0n) is 19.4. The first kappa shape index (κ1) is 22.2. The highest BCUT2D eigenvalue weighted by atomic mass is 16.5. The van der Waals surface area contributed by atoms with Crippen molar-refractivity contribution in [1.82, 2.24) is 4.98 Å². The molecule has 0 aliphatic carbocycles. The fraction of sp³-hybridized carbons (Fsp3) is 0.148. The van der Waals surface area contributed by atoms with Gasteiger partial charge < -0.3 is 19.2 Å². The number of Topliss-reactive ketones (excluding diaryl/α,β-unsaturated/α-hetero) is 1. The summed E-state index contributed by atoms with van der Waals surface area (Å²) in [5.41, 5.74) is 2.48. The molecule has 4 aromatic rings. The number of ether oxygens (including phenoxy) is 1. The van der Waals surface area contributed by atoms with Gasteiger partial charge in [-0.1, -0.05) is 12.1 Å². The number of aromatic nitrogens is 1. The molecule has 1 amide bonds. The number of methoxy groups -OCH3 is 1. The number of aliphatic hydroxyl groups is 1. The Balaban J connectivity index is 1.63. The summed E-state index contributed by atoms with van der Waals surface area (Å²) in [5.74, 6) is -1.37. The molecule has 8 nitrogen and oxygen atoms in total. The van der Waals surface area contributed by atoms with E-state index in [1.54, 1.807) is 60.9 Å². The highest BCUT2D eigenvalue weighted by molar-refractivity contribution is 6.20. The minimum absolute atomic E-state index is 0.00251. The Labute approximate surface area is 201 Å². The van der Waals surface area contributed by atoms with Crippen LogP contribution < -0.4 is 14.5 Å². The Hall–Kier alpha value is -4.59. The minimum atomic E-state index is -0.863. The molecule has 1 aliphatic rings. The molecule has 1 aliphatic heterocycles. The molecule has 0 spiro atoms. The van der Waals surface area contributed by atoms with Gasteiger partial charge in [0.1, 0.15) is 0 Å². The lowest BCUT2D eigenvalue weighted by Crippen LogP contribution is -2.31. The van der Waals surface area contributed by atoms with E-state index in [0.717, 1.165) is 5.69 Å². The van der Waals surface area contributed by atoms with Crippen LogP contribution in [0.5, 0.6) is 5.75 Å². The number of carbonyl (C=O) groups excluding carboxylic acids is 2. The Kier molecular flexibility index (Phi) is 5.49. The Bertz CT molecular complexity index is 1460. The molecule has 176 valence electrons. The number of hydrogen-bond donors (Lipinski definition) is 1. The summed E-state index contributed by atoms with van der Waals surface area (Å²) in [6.45, 7) is 0. The number of carbonyl (C=O) groups is 2. The van der Waals surface area contributed by atoms with Crippen LogP contribution in [0.25, 0.3) is 11.0 Å². The predicted octanol–water partition coefficient (Wildman–Crippen LogP) is 4.69. The second-order valence-electron chi connectivity index (χ2n) is 8.35. The molecule has 8 heteroatoms. The second-order valence-corrected chi connectivity index (χ2v) is 8.35. The maximum absolute atomic E-state index is 13.7. The summed E-state index contributed by atoms with van der Waals surface area (Å²) in [5, 5.41) is 11.6. The number of amides is 1. The number of rotatable bonds is 6. The van der Waals surface area contributed by atoms with E-state index >= 15 is 0 Å². The molecule has 1 unspecified atom stereocenters. The first-order valence-electron chi connectivity index (χ1n) is 11.0. The smallest absolute Gasteiger partial charge is 0.294 e. The highest BCUT2D eigenvalue weighted by Gasteiger charge is 2.45. The van der Waals surface area contributed by atoms with Crippen molar-refractivity contribution >= 4 is 34.0 Å². The van der Waals surface area contributed by atoms with Crippen molar-refractivity contribution in [2.45, 2.75) is 6.04 Å². The number of aliphatic hydroxyl groups excluding tert-OH is 1. The van der Waals surface area contributed by atoms with Crippen molar-refractivity contribution in [2.75, 3.05) is 31.0 Å². The SMILES string of the molecule is COc1cccc2cc(C(=O)C3=C(O)C(=O)N(c4ccc(N(C)C)cc4)C3c3ccncc3)oc12. The molecule has 0 saturated heterocycles. The standard InChI is InChI=1S/C27H23N3O5/c1-29(2)18-7-9-19(10-8-18)30-23(16-11-13-28-14-12-16)22(25(32)27(30)33)24(31)21-15-17-5-4-6-20(34-3)26(17)35-21/h4-15,23,32H,1-3H3. The summed E-state index contributed by atoms with van der Waals surface area (Å²) in [6, 6.07) is 16.8. The van der Waals surface area contributed by atoms with Gasteiger partial charge in [-0.05, 0) is 54.1 Å². The van der Waals surface area contributed by atoms with Gasteiger partial charge in [-0.15, -0.1) is 0 Å². The summed E-state index contributed by atoms with van der Waals surface area (Å²) in [4.78, 5) is 34.5. The first-order valence-corrected chi connectivity index (χ1v) is 11.0. The van der Waals surface area contributed by atoms with Crippen molar-refractivity contribution in [2.24, 2.45) is 0 Å². The number of benzene rings is 2. The van der Waals surface area contributed by atoms with E-state index in [0.29, 0.717) is 28.0 Å². The quantitative estimate of drug-likeness (QED) is 0.410. The largest absolute Gasteiger partial charge is 0.503 e. The summed E-state index contributed by atoms with van der Waals surface area (Å²) < 4.78 is 11.2. The number of furan rings is 1. The van der Waals surface area contributed by atoms with Crippen LogP contribution in [0, 0.1) is 0 Å². The fourth-order valence-corrected chi connectivity index (χ4v) is 4.32. The predicted molar refractivity (Wildman–Crippen MR) is 132 cm³/mol. The van der Waals surface area contributed by atoms with E-state index in [-0.39, 0.29) is 11.3 Å². The third-order valence-corrected chi connectivity index (χ3v) is 6.07. The van der Waals surface area contributed by atoms with Gasteiger partial charge in [-0.3, -0.25) is 19.5 Å². The van der Waals surface area contributed by atoms with Crippen LogP contribution in [-0.4, -0.2) is 43.0 Å². The average molecular weight is 469 g/mol. The Morgan fingerprint density at radius 1 is 1.09 bits per heavy atom. The van der Waals surface area contributed by atoms with Crippen LogP contribution in [0.2, 0.25) is 0 Å². The normalized spacial score (nSPS) is 15.7. The number of para-hydroxylation sites is 1. The van der Waals surface area contributed by atoms with Crippen LogP contribution in [0.15, 0.2) is 88.8 Å². The monoisotopic (exact) mass is 469 g/mol. The number of pyridine rings is 1. The van der Waals surface area contributed by atoms with Crippen molar-refractivity contribution in [3.8, 4) is 5.75 Å². The number of anilines is 2. The first-order chi connectivity index (χ1) is 16.9. The summed E-state index contributed by atoms with van der Waals surface area (Å²) in [6.07, 6.45) is 3.16. The molecule has 3 heterocycles. The van der Waals surface area contributed by atoms with Crippen LogP contribution in [-0.2, 0) is 4.79 Å². The molecule has 35 heavy (non-hydrogen) atoms. The van der Waals surface area contributed by atoms with E-state index in [2.05, 4.69) is 4.98 Å². The minimum Gasteiger partial charge on any atom is -0.503 e. The van der Waals surface area contributed by atoms with E-state index in [1.807, 2.05) is 31.1 Å². The van der Waals surface area contributed by atoms with Crippen LogP contribution in [0.1, 0.15) is 22.2 Å².